The zero-order chi connectivity index (χ0) is 40.5. The lowest BCUT2D eigenvalue weighted by molar-refractivity contribution is 0.670. The molecule has 0 atom stereocenters. The Labute approximate surface area is 354 Å². The average molecular weight is 780 g/mol. The average Bonchev–Trinajstić information content (AvgIpc) is 3.75. The van der Waals surface area contributed by atoms with E-state index in [1.807, 2.05) is 12.1 Å². The Bertz CT molecular complexity index is 3210. The molecule has 0 unspecified atom stereocenters. The summed E-state index contributed by atoms with van der Waals surface area (Å²) in [7, 11) is 0. The van der Waals surface area contributed by atoms with Crippen molar-refractivity contribution in [3.05, 3.63) is 224 Å². The summed E-state index contributed by atoms with van der Waals surface area (Å²) in [5.74, 6) is 1.81. The Balaban J connectivity index is 1.06. The van der Waals surface area contributed by atoms with E-state index >= 15 is 0 Å². The molecule has 61 heavy (non-hydrogen) atoms. The van der Waals surface area contributed by atoms with Crippen molar-refractivity contribution >= 4 is 21.9 Å². The van der Waals surface area contributed by atoms with Gasteiger partial charge in [-0.25, -0.2) is 15.0 Å². The zero-order valence-electron chi connectivity index (χ0n) is 33.1. The lowest BCUT2D eigenvalue weighted by Gasteiger charge is -2.12. The van der Waals surface area contributed by atoms with Gasteiger partial charge < -0.3 is 4.42 Å². The molecule has 11 aromatic rings. The van der Waals surface area contributed by atoms with Gasteiger partial charge in [0.2, 0.25) is 0 Å². The van der Waals surface area contributed by atoms with Crippen molar-refractivity contribution < 1.29 is 4.42 Å². The third-order valence-electron chi connectivity index (χ3n) is 11.4. The van der Waals surface area contributed by atoms with Gasteiger partial charge in [0.1, 0.15) is 11.2 Å². The van der Waals surface area contributed by atoms with Gasteiger partial charge in [-0.15, -0.1) is 0 Å². The summed E-state index contributed by atoms with van der Waals surface area (Å²) < 4.78 is 6.90. The highest BCUT2D eigenvalue weighted by atomic mass is 16.3. The number of fused-ring (bicyclic) bond motifs is 3. The van der Waals surface area contributed by atoms with E-state index in [-0.39, 0.29) is 0 Å². The second-order valence-corrected chi connectivity index (χ2v) is 15.2. The Morgan fingerprint density at radius 1 is 0.246 bits per heavy atom. The number of benzene rings is 9. The van der Waals surface area contributed by atoms with Crippen LogP contribution in [0.2, 0.25) is 0 Å². The third kappa shape index (κ3) is 6.86. The minimum Gasteiger partial charge on any atom is -0.455 e. The van der Waals surface area contributed by atoms with E-state index in [0.29, 0.717) is 17.5 Å². The first-order valence-corrected chi connectivity index (χ1v) is 20.5. The molecule has 0 aliphatic rings. The summed E-state index contributed by atoms with van der Waals surface area (Å²) in [5, 5.41) is 2.19. The molecule has 4 nitrogen and oxygen atoms in total. The molecular weight excluding hydrogens is 743 g/mol. The Hall–Kier alpha value is -8.21. The van der Waals surface area contributed by atoms with E-state index in [2.05, 4.69) is 212 Å². The fraction of sp³-hybridized carbons (Fsp3) is 0. The van der Waals surface area contributed by atoms with E-state index in [9.17, 15) is 0 Å². The Morgan fingerprint density at radius 2 is 0.623 bits per heavy atom. The lowest BCUT2D eigenvalue weighted by Crippen LogP contribution is -2.00. The van der Waals surface area contributed by atoms with E-state index in [1.54, 1.807) is 0 Å². The minimum absolute atomic E-state index is 0.592. The number of nitrogens with zero attached hydrogens (tertiary/aromatic N) is 3. The van der Waals surface area contributed by atoms with Gasteiger partial charge in [0.25, 0.3) is 0 Å². The van der Waals surface area contributed by atoms with Gasteiger partial charge in [0, 0.05) is 33.0 Å². The monoisotopic (exact) mass is 779 g/mol. The predicted octanol–water partition coefficient (Wildman–Crippen LogP) is 15.1. The minimum atomic E-state index is 0.592. The molecule has 0 fully saturated rings. The number of aromatic nitrogens is 3. The predicted molar refractivity (Wildman–Crippen MR) is 251 cm³/mol. The standard InChI is InChI=1S/C57H37N3O/c1-5-15-38(16-6-1)40-27-31-44(32-28-40)55-58-56(45-33-29-41(30-34-45)39-17-7-2-8-18-39)60-57(59-55)47-24-13-23-46(37-47)50-36-35-49(43-21-11-4-12-22-43)53-52-48(42-19-9-3-10-20-42)25-14-26-51(52)61-54(50)53/h1-37H. The van der Waals surface area contributed by atoms with E-state index in [0.717, 1.165) is 94.3 Å². The summed E-state index contributed by atoms with van der Waals surface area (Å²) in [6, 6.07) is 78.0. The first-order valence-electron chi connectivity index (χ1n) is 20.5. The molecule has 4 heteroatoms. The fourth-order valence-corrected chi connectivity index (χ4v) is 8.34. The lowest BCUT2D eigenvalue weighted by atomic mass is 9.91. The van der Waals surface area contributed by atoms with Crippen molar-refractivity contribution in [3.8, 4) is 89.8 Å². The van der Waals surface area contributed by atoms with Gasteiger partial charge in [-0.05, 0) is 68.3 Å². The van der Waals surface area contributed by atoms with E-state index < -0.39 is 0 Å². The number of furan rings is 1. The van der Waals surface area contributed by atoms with E-state index in [4.69, 9.17) is 19.4 Å². The maximum atomic E-state index is 6.90. The molecule has 2 heterocycles. The van der Waals surface area contributed by atoms with Crippen LogP contribution in [0, 0.1) is 0 Å². The van der Waals surface area contributed by atoms with Crippen LogP contribution >= 0.6 is 0 Å². The molecule has 0 bridgehead atoms. The zero-order valence-corrected chi connectivity index (χ0v) is 33.1. The SMILES string of the molecule is c1ccc(-c2ccc(-c3nc(-c4ccc(-c5ccccc5)cc4)nc(-c4cccc(-c5ccc(-c6ccccc6)c6c5oc5cccc(-c7ccccc7)c56)c4)n3)cc2)cc1. The molecule has 0 radical (unpaired) electrons. The Kier molecular flexibility index (Phi) is 9.14. The van der Waals surface area contributed by atoms with Crippen LogP contribution in [0.15, 0.2) is 229 Å². The molecule has 0 saturated heterocycles. The van der Waals surface area contributed by atoms with Crippen LogP contribution in [0.3, 0.4) is 0 Å². The highest BCUT2D eigenvalue weighted by molar-refractivity contribution is 6.20. The second-order valence-electron chi connectivity index (χ2n) is 15.2. The topological polar surface area (TPSA) is 51.8 Å². The summed E-state index contributed by atoms with van der Waals surface area (Å²) in [6.07, 6.45) is 0. The Morgan fingerprint density at radius 3 is 1.15 bits per heavy atom. The molecule has 0 aliphatic heterocycles. The number of hydrogen-bond acceptors (Lipinski definition) is 4. The molecule has 0 saturated carbocycles. The highest BCUT2D eigenvalue weighted by Gasteiger charge is 2.21. The first-order chi connectivity index (χ1) is 30.2. The molecule has 0 N–H and O–H groups in total. The van der Waals surface area contributed by atoms with Crippen molar-refractivity contribution in [3.63, 3.8) is 0 Å². The maximum absolute atomic E-state index is 6.90. The fourth-order valence-electron chi connectivity index (χ4n) is 8.34. The molecule has 0 amide bonds. The molecule has 0 spiro atoms. The van der Waals surface area contributed by atoms with Crippen LogP contribution in [0.4, 0.5) is 0 Å². The summed E-state index contributed by atoms with van der Waals surface area (Å²) in [4.78, 5) is 15.4. The van der Waals surface area contributed by atoms with Crippen molar-refractivity contribution in [2.75, 3.05) is 0 Å². The largest absolute Gasteiger partial charge is 0.455 e. The van der Waals surface area contributed by atoms with Gasteiger partial charge in [-0.2, -0.15) is 0 Å². The number of rotatable bonds is 8. The van der Waals surface area contributed by atoms with Gasteiger partial charge in [0.05, 0.1) is 0 Å². The molecular formula is C57H37N3O. The van der Waals surface area contributed by atoms with Crippen LogP contribution in [-0.4, -0.2) is 15.0 Å². The molecule has 9 aromatic carbocycles. The van der Waals surface area contributed by atoms with Gasteiger partial charge in [-0.1, -0.05) is 206 Å². The van der Waals surface area contributed by atoms with Gasteiger partial charge in [-0.3, -0.25) is 0 Å². The normalized spacial score (nSPS) is 11.3. The van der Waals surface area contributed by atoms with Crippen molar-refractivity contribution in [2.24, 2.45) is 0 Å². The molecule has 11 rings (SSSR count). The summed E-state index contributed by atoms with van der Waals surface area (Å²) in [5.41, 5.74) is 15.5. The van der Waals surface area contributed by atoms with Crippen LogP contribution in [-0.2, 0) is 0 Å². The van der Waals surface area contributed by atoms with Crippen LogP contribution in [0.5, 0.6) is 0 Å². The van der Waals surface area contributed by atoms with Crippen molar-refractivity contribution in [2.45, 2.75) is 0 Å². The van der Waals surface area contributed by atoms with Crippen molar-refractivity contribution in [1.82, 2.24) is 15.0 Å². The van der Waals surface area contributed by atoms with Crippen LogP contribution in [0.25, 0.3) is 112 Å². The smallest absolute Gasteiger partial charge is 0.164 e. The third-order valence-corrected chi connectivity index (χ3v) is 11.4. The molecule has 2 aromatic heterocycles. The van der Waals surface area contributed by atoms with Crippen molar-refractivity contribution in [1.29, 1.82) is 0 Å². The van der Waals surface area contributed by atoms with Gasteiger partial charge >= 0.3 is 0 Å². The number of hydrogen-bond donors (Lipinski definition) is 0. The molecule has 286 valence electrons. The summed E-state index contributed by atoms with van der Waals surface area (Å²) >= 11 is 0. The second kappa shape index (κ2) is 15.5. The van der Waals surface area contributed by atoms with Crippen LogP contribution < -0.4 is 0 Å². The molecule has 0 aliphatic carbocycles. The maximum Gasteiger partial charge on any atom is 0.164 e. The highest BCUT2D eigenvalue weighted by Crippen LogP contribution is 2.45. The quantitative estimate of drug-likeness (QED) is 0.154. The van der Waals surface area contributed by atoms with Gasteiger partial charge in [0.15, 0.2) is 17.5 Å². The van der Waals surface area contributed by atoms with E-state index in [1.165, 1.54) is 0 Å². The van der Waals surface area contributed by atoms with Crippen LogP contribution in [0.1, 0.15) is 0 Å². The first kappa shape index (κ1) is 35.9. The summed E-state index contributed by atoms with van der Waals surface area (Å²) in [6.45, 7) is 0.